The molecule has 2 fully saturated rings. The van der Waals surface area contributed by atoms with Gasteiger partial charge in [0, 0.05) is 51.8 Å². The minimum absolute atomic E-state index is 0.0701. The summed E-state index contributed by atoms with van der Waals surface area (Å²) < 4.78 is 14.0. The Morgan fingerprint density at radius 2 is 2.09 bits per heavy atom. The zero-order chi connectivity index (χ0) is 16.4. The summed E-state index contributed by atoms with van der Waals surface area (Å²) in [5, 5.41) is 9.90. The molecule has 3 heterocycles. The highest BCUT2D eigenvalue weighted by molar-refractivity contribution is 5.73. The van der Waals surface area contributed by atoms with Crippen molar-refractivity contribution in [2.45, 2.75) is 26.2 Å². The molecule has 23 heavy (non-hydrogen) atoms. The summed E-state index contributed by atoms with van der Waals surface area (Å²) >= 11 is 0. The first-order chi connectivity index (χ1) is 11.1. The number of halogens is 1. The zero-order valence-corrected chi connectivity index (χ0v) is 13.5. The topological polar surface area (TPSA) is 56.7 Å². The van der Waals surface area contributed by atoms with E-state index >= 15 is 0 Å². The van der Waals surface area contributed by atoms with Crippen molar-refractivity contribution in [2.75, 3.05) is 37.7 Å². The van der Waals surface area contributed by atoms with Gasteiger partial charge < -0.3 is 14.9 Å². The Labute approximate surface area is 136 Å². The van der Waals surface area contributed by atoms with Gasteiger partial charge in [-0.05, 0) is 30.7 Å². The fourth-order valence-corrected chi connectivity index (χ4v) is 4.13. The summed E-state index contributed by atoms with van der Waals surface area (Å²) in [4.78, 5) is 19.2. The van der Waals surface area contributed by atoms with Crippen LogP contribution in [0, 0.1) is 17.2 Å². The van der Waals surface area contributed by atoms with Gasteiger partial charge in [-0.15, -0.1) is 0 Å². The van der Waals surface area contributed by atoms with E-state index in [2.05, 4.69) is 4.98 Å². The molecule has 1 aromatic rings. The number of anilines is 1. The van der Waals surface area contributed by atoms with E-state index in [0.717, 1.165) is 38.9 Å². The van der Waals surface area contributed by atoms with Crippen molar-refractivity contribution in [3.05, 3.63) is 24.3 Å². The molecule has 5 nitrogen and oxygen atoms in total. The summed E-state index contributed by atoms with van der Waals surface area (Å²) in [6.45, 7) is 4.65. The Kier molecular flexibility index (Phi) is 4.53. The first kappa shape index (κ1) is 16.2. The highest BCUT2D eigenvalue weighted by Crippen LogP contribution is 2.46. The fourth-order valence-electron chi connectivity index (χ4n) is 4.13. The Balaban J connectivity index is 1.73. The highest BCUT2D eigenvalue weighted by Gasteiger charge is 2.45. The van der Waals surface area contributed by atoms with Gasteiger partial charge in [0.1, 0.15) is 0 Å². The van der Waals surface area contributed by atoms with Crippen molar-refractivity contribution < 1.29 is 14.3 Å². The molecule has 2 aliphatic rings. The second-order valence-corrected chi connectivity index (χ2v) is 6.77. The lowest BCUT2D eigenvalue weighted by molar-refractivity contribution is -0.132. The first-order valence-electron chi connectivity index (χ1n) is 8.26. The lowest BCUT2D eigenvalue weighted by Crippen LogP contribution is -2.54. The lowest BCUT2D eigenvalue weighted by atomic mass is 9.64. The molecule has 0 unspecified atom stereocenters. The molecule has 1 atom stereocenters. The molecule has 3 rings (SSSR count). The van der Waals surface area contributed by atoms with Crippen LogP contribution in [0.1, 0.15) is 26.2 Å². The van der Waals surface area contributed by atoms with Gasteiger partial charge in [0.25, 0.3) is 0 Å². The van der Waals surface area contributed by atoms with Gasteiger partial charge in [-0.1, -0.05) is 0 Å². The third kappa shape index (κ3) is 3.04. The number of aliphatic hydroxyl groups is 1. The Hall–Kier alpha value is -1.69. The molecule has 1 aromatic heterocycles. The average Bonchev–Trinajstić information content (AvgIpc) is 2.56. The van der Waals surface area contributed by atoms with E-state index in [-0.39, 0.29) is 29.7 Å². The van der Waals surface area contributed by atoms with Crippen LogP contribution in [-0.4, -0.2) is 53.7 Å². The number of rotatable bonds is 2. The van der Waals surface area contributed by atoms with Gasteiger partial charge in [-0.3, -0.25) is 9.78 Å². The van der Waals surface area contributed by atoms with Crippen LogP contribution < -0.4 is 4.90 Å². The molecule has 1 amide bonds. The van der Waals surface area contributed by atoms with E-state index in [1.54, 1.807) is 19.2 Å². The minimum Gasteiger partial charge on any atom is -0.396 e. The molecule has 1 N–H and O–H groups in total. The van der Waals surface area contributed by atoms with Crippen LogP contribution >= 0.6 is 0 Å². The smallest absolute Gasteiger partial charge is 0.219 e. The van der Waals surface area contributed by atoms with E-state index in [4.69, 9.17) is 0 Å². The van der Waals surface area contributed by atoms with Gasteiger partial charge >= 0.3 is 0 Å². The van der Waals surface area contributed by atoms with Gasteiger partial charge in [0.15, 0.2) is 5.82 Å². The fraction of sp³-hybridized carbons (Fsp3) is 0.647. The van der Waals surface area contributed by atoms with Crippen LogP contribution in [0.3, 0.4) is 0 Å². The van der Waals surface area contributed by atoms with Crippen molar-refractivity contribution in [1.29, 1.82) is 0 Å². The molecule has 126 valence electrons. The molecule has 0 bridgehead atoms. The van der Waals surface area contributed by atoms with Crippen molar-refractivity contribution in [3.8, 4) is 0 Å². The van der Waals surface area contributed by atoms with Gasteiger partial charge in [0.2, 0.25) is 5.91 Å². The van der Waals surface area contributed by atoms with Crippen molar-refractivity contribution in [1.82, 2.24) is 9.88 Å². The number of hydrogen-bond donors (Lipinski definition) is 1. The SMILES string of the molecule is CC(=O)N1CCC2(CC1)CCN(c1ccncc1F)C[C@H]2CO. The van der Waals surface area contributed by atoms with Crippen LogP contribution in [0.15, 0.2) is 18.5 Å². The quantitative estimate of drug-likeness (QED) is 0.900. The third-order valence-corrected chi connectivity index (χ3v) is 5.70. The van der Waals surface area contributed by atoms with Crippen LogP contribution in [0.4, 0.5) is 10.1 Å². The molecular weight excluding hydrogens is 297 g/mol. The first-order valence-corrected chi connectivity index (χ1v) is 8.26. The normalized spacial score (nSPS) is 24.0. The highest BCUT2D eigenvalue weighted by atomic mass is 19.1. The van der Waals surface area contributed by atoms with Crippen LogP contribution in [0.25, 0.3) is 0 Å². The number of carbonyl (C=O) groups is 1. The van der Waals surface area contributed by atoms with Crippen molar-refractivity contribution >= 4 is 11.6 Å². The van der Waals surface area contributed by atoms with Crippen molar-refractivity contribution in [2.24, 2.45) is 11.3 Å². The molecule has 6 heteroatoms. The van der Waals surface area contributed by atoms with Gasteiger partial charge in [0.05, 0.1) is 11.9 Å². The molecule has 0 radical (unpaired) electrons. The number of carbonyl (C=O) groups excluding carboxylic acids is 1. The number of hydrogen-bond acceptors (Lipinski definition) is 4. The number of likely N-dealkylation sites (tertiary alicyclic amines) is 1. The number of pyridine rings is 1. The number of nitrogens with zero attached hydrogens (tertiary/aromatic N) is 3. The summed E-state index contributed by atoms with van der Waals surface area (Å²) in [5.74, 6) is -0.0823. The Morgan fingerprint density at radius 1 is 1.39 bits per heavy atom. The number of piperidine rings is 2. The maximum Gasteiger partial charge on any atom is 0.219 e. The second-order valence-electron chi connectivity index (χ2n) is 6.77. The zero-order valence-electron chi connectivity index (χ0n) is 13.5. The number of amides is 1. The predicted molar refractivity (Wildman–Crippen MR) is 85.5 cm³/mol. The Bertz CT molecular complexity index is 573. The minimum atomic E-state index is -0.313. The van der Waals surface area contributed by atoms with E-state index in [0.29, 0.717) is 12.2 Å². The Morgan fingerprint density at radius 3 is 2.70 bits per heavy atom. The van der Waals surface area contributed by atoms with Gasteiger partial charge in [-0.25, -0.2) is 4.39 Å². The maximum atomic E-state index is 14.0. The summed E-state index contributed by atoms with van der Waals surface area (Å²) in [7, 11) is 0. The molecule has 0 saturated carbocycles. The standard InChI is InChI=1S/C17H24FN3O2/c1-13(23)20-7-3-17(4-8-20)5-9-21(11-14(17)12-22)16-2-6-19-10-15(16)18/h2,6,10,14,22H,3-5,7-9,11-12H2,1H3/t14-/m0/s1. The van der Waals surface area contributed by atoms with E-state index in [1.807, 2.05) is 9.80 Å². The lowest BCUT2D eigenvalue weighted by Gasteiger charge is -2.51. The maximum absolute atomic E-state index is 14.0. The molecule has 1 spiro atoms. The van der Waals surface area contributed by atoms with E-state index < -0.39 is 0 Å². The van der Waals surface area contributed by atoms with E-state index in [9.17, 15) is 14.3 Å². The second kappa shape index (κ2) is 6.43. The predicted octanol–water partition coefficient (Wildman–Crippen LogP) is 1.67. The largest absolute Gasteiger partial charge is 0.396 e. The summed E-state index contributed by atoms with van der Waals surface area (Å²) in [5.41, 5.74) is 0.634. The monoisotopic (exact) mass is 321 g/mol. The van der Waals surface area contributed by atoms with Gasteiger partial charge in [-0.2, -0.15) is 0 Å². The van der Waals surface area contributed by atoms with Crippen LogP contribution in [0.5, 0.6) is 0 Å². The molecule has 0 aromatic carbocycles. The van der Waals surface area contributed by atoms with Crippen LogP contribution in [0.2, 0.25) is 0 Å². The van der Waals surface area contributed by atoms with E-state index in [1.165, 1.54) is 6.20 Å². The third-order valence-electron chi connectivity index (χ3n) is 5.70. The average molecular weight is 321 g/mol. The molecule has 2 aliphatic heterocycles. The summed E-state index contributed by atoms with van der Waals surface area (Å²) in [6.07, 6.45) is 5.60. The number of aliphatic hydroxyl groups excluding tert-OH is 1. The molecule has 0 aliphatic carbocycles. The number of aromatic nitrogens is 1. The van der Waals surface area contributed by atoms with Crippen molar-refractivity contribution in [3.63, 3.8) is 0 Å². The summed E-state index contributed by atoms with van der Waals surface area (Å²) in [6, 6.07) is 1.69. The van der Waals surface area contributed by atoms with Crippen LogP contribution in [-0.2, 0) is 4.79 Å². The molecular formula is C17H24FN3O2. The molecule has 2 saturated heterocycles.